The molecule has 0 unspecified atom stereocenters. The number of methoxy groups -OCH3 is 1. The quantitative estimate of drug-likeness (QED) is 0.193. The Labute approximate surface area is 256 Å². The van der Waals surface area contributed by atoms with Crippen LogP contribution in [0.25, 0.3) is 22.3 Å². The van der Waals surface area contributed by atoms with Gasteiger partial charge in [-0.1, -0.05) is 80.6 Å². The van der Waals surface area contributed by atoms with E-state index in [1.54, 1.807) is 49.8 Å². The van der Waals surface area contributed by atoms with Crippen LogP contribution in [0.3, 0.4) is 0 Å². The second-order valence-electron chi connectivity index (χ2n) is 10.2. The van der Waals surface area contributed by atoms with E-state index in [2.05, 4.69) is 36.1 Å². The summed E-state index contributed by atoms with van der Waals surface area (Å²) in [6.45, 7) is 4.82. The maximum Gasteiger partial charge on any atom is 0.212 e. The van der Waals surface area contributed by atoms with E-state index < -0.39 is 0 Å². The molecule has 6 rings (SSSR count). The maximum absolute atomic E-state index is 13.2. The first-order valence-electron chi connectivity index (χ1n) is 14.1. The minimum absolute atomic E-state index is 0.147. The van der Waals surface area contributed by atoms with Gasteiger partial charge in [-0.2, -0.15) is 5.10 Å². The van der Waals surface area contributed by atoms with Crippen molar-refractivity contribution in [2.24, 2.45) is 0 Å². The number of ether oxygens (including phenoxy) is 1. The van der Waals surface area contributed by atoms with Gasteiger partial charge >= 0.3 is 0 Å². The predicted octanol–water partition coefficient (Wildman–Crippen LogP) is 9.58. The van der Waals surface area contributed by atoms with E-state index in [9.17, 15) is 13.2 Å². The summed E-state index contributed by atoms with van der Waals surface area (Å²) in [6.07, 6.45) is 5.35. The van der Waals surface area contributed by atoms with Crippen molar-refractivity contribution in [3.05, 3.63) is 162 Å². The SMILES string of the molecule is CC(C)c1cccc(F)c1.COc1ccc(-c2cccc(F)c2)cn1.Fc1cccc(-c2cnn(Cc3ccccc3)c2)c1. The van der Waals surface area contributed by atoms with Crippen LogP contribution in [-0.2, 0) is 6.54 Å². The topological polar surface area (TPSA) is 39.9 Å². The van der Waals surface area contributed by atoms with E-state index in [0.717, 1.165) is 34.4 Å². The highest BCUT2D eigenvalue weighted by Crippen LogP contribution is 2.21. The third-order valence-electron chi connectivity index (χ3n) is 6.60. The lowest BCUT2D eigenvalue weighted by atomic mass is 10.0. The zero-order valence-corrected chi connectivity index (χ0v) is 24.9. The summed E-state index contributed by atoms with van der Waals surface area (Å²) < 4.78 is 45.5. The molecule has 44 heavy (non-hydrogen) atoms. The summed E-state index contributed by atoms with van der Waals surface area (Å²) in [7, 11) is 1.56. The van der Waals surface area contributed by atoms with Crippen molar-refractivity contribution in [2.75, 3.05) is 7.11 Å². The summed E-state index contributed by atoms with van der Waals surface area (Å²) in [4.78, 5) is 4.06. The lowest BCUT2D eigenvalue weighted by Crippen LogP contribution is -1.99. The third-order valence-corrected chi connectivity index (χ3v) is 6.60. The van der Waals surface area contributed by atoms with Crippen LogP contribution in [0.15, 0.2) is 134 Å². The molecule has 0 aliphatic rings. The van der Waals surface area contributed by atoms with Crippen LogP contribution < -0.4 is 4.74 Å². The number of rotatable bonds is 6. The molecule has 0 aliphatic carbocycles. The minimum atomic E-state index is -0.247. The van der Waals surface area contributed by atoms with E-state index in [4.69, 9.17) is 4.74 Å². The lowest BCUT2D eigenvalue weighted by molar-refractivity contribution is 0.398. The molecule has 224 valence electrons. The molecule has 0 amide bonds. The van der Waals surface area contributed by atoms with Crippen LogP contribution in [0.4, 0.5) is 13.2 Å². The van der Waals surface area contributed by atoms with Gasteiger partial charge in [-0.25, -0.2) is 18.2 Å². The smallest absolute Gasteiger partial charge is 0.212 e. The largest absolute Gasteiger partial charge is 0.481 e. The van der Waals surface area contributed by atoms with E-state index in [-0.39, 0.29) is 17.5 Å². The van der Waals surface area contributed by atoms with E-state index in [1.165, 1.54) is 35.9 Å². The molecule has 4 aromatic carbocycles. The Kier molecular flexibility index (Phi) is 11.5. The van der Waals surface area contributed by atoms with Crippen molar-refractivity contribution in [3.63, 3.8) is 0 Å². The summed E-state index contributed by atoms with van der Waals surface area (Å²) in [5.74, 6) is 0.341. The molecular formula is C37H34F3N3O. The Morgan fingerprint density at radius 2 is 1.25 bits per heavy atom. The maximum atomic E-state index is 13.2. The summed E-state index contributed by atoms with van der Waals surface area (Å²) in [6, 6.07) is 33.4. The number of hydrogen-bond acceptors (Lipinski definition) is 3. The summed E-state index contributed by atoms with van der Waals surface area (Å²) in [5.41, 5.74) is 5.70. The third kappa shape index (κ3) is 9.70. The first-order valence-corrected chi connectivity index (χ1v) is 14.1. The van der Waals surface area contributed by atoms with Gasteiger partial charge in [0.1, 0.15) is 17.5 Å². The molecule has 0 saturated carbocycles. The fraction of sp³-hybridized carbons (Fsp3) is 0.135. The average molecular weight is 594 g/mol. The monoisotopic (exact) mass is 593 g/mol. The van der Waals surface area contributed by atoms with Gasteiger partial charge in [-0.05, 0) is 70.6 Å². The van der Waals surface area contributed by atoms with Crippen LogP contribution in [-0.4, -0.2) is 21.9 Å². The minimum Gasteiger partial charge on any atom is -0.481 e. The Balaban J connectivity index is 0.000000158. The van der Waals surface area contributed by atoms with E-state index >= 15 is 0 Å². The van der Waals surface area contributed by atoms with Gasteiger partial charge in [-0.15, -0.1) is 0 Å². The second kappa shape index (κ2) is 15.9. The first-order chi connectivity index (χ1) is 21.3. The molecule has 0 spiro atoms. The van der Waals surface area contributed by atoms with E-state index in [1.807, 2.05) is 53.3 Å². The molecule has 4 nitrogen and oxygen atoms in total. The summed E-state index contributed by atoms with van der Waals surface area (Å²) in [5, 5.41) is 4.31. The molecule has 0 fully saturated rings. The van der Waals surface area contributed by atoms with Crippen LogP contribution in [0.5, 0.6) is 5.88 Å². The zero-order chi connectivity index (χ0) is 31.3. The Hall–Kier alpha value is -5.17. The zero-order valence-electron chi connectivity index (χ0n) is 24.9. The molecule has 0 bridgehead atoms. The molecule has 2 aromatic heterocycles. The van der Waals surface area contributed by atoms with Crippen molar-refractivity contribution in [3.8, 4) is 28.1 Å². The van der Waals surface area contributed by atoms with Gasteiger partial charge in [0, 0.05) is 29.6 Å². The molecule has 0 atom stereocenters. The van der Waals surface area contributed by atoms with Crippen LogP contribution in [0.1, 0.15) is 30.9 Å². The van der Waals surface area contributed by atoms with E-state index in [0.29, 0.717) is 11.8 Å². The van der Waals surface area contributed by atoms with Gasteiger partial charge < -0.3 is 4.74 Å². The molecule has 2 heterocycles. The Morgan fingerprint density at radius 3 is 1.77 bits per heavy atom. The molecule has 0 radical (unpaired) electrons. The molecule has 7 heteroatoms. The lowest BCUT2D eigenvalue weighted by Gasteiger charge is -2.02. The van der Waals surface area contributed by atoms with Gasteiger partial charge in [0.15, 0.2) is 0 Å². The Bertz CT molecular complexity index is 1740. The molecule has 0 saturated heterocycles. The number of nitrogens with zero attached hydrogens (tertiary/aromatic N) is 3. The van der Waals surface area contributed by atoms with Crippen molar-refractivity contribution >= 4 is 0 Å². The molecule has 6 aromatic rings. The molecule has 0 N–H and O–H groups in total. The highest BCUT2D eigenvalue weighted by atomic mass is 19.1. The second-order valence-corrected chi connectivity index (χ2v) is 10.2. The highest BCUT2D eigenvalue weighted by Gasteiger charge is 2.04. The van der Waals surface area contributed by atoms with Crippen LogP contribution in [0, 0.1) is 17.5 Å². The summed E-state index contributed by atoms with van der Waals surface area (Å²) >= 11 is 0. The predicted molar refractivity (Wildman–Crippen MR) is 170 cm³/mol. The Morgan fingerprint density at radius 1 is 0.636 bits per heavy atom. The van der Waals surface area contributed by atoms with Gasteiger partial charge in [-0.3, -0.25) is 4.68 Å². The molecular weight excluding hydrogens is 559 g/mol. The first kappa shape index (κ1) is 31.8. The standard InChI is InChI=1S/C16H13FN2.C12H10FNO.C9H11F/c17-16-8-4-7-14(9-16)15-10-18-19(12-15)11-13-5-2-1-3-6-13;1-15-12-6-5-10(8-14-12)9-3-2-4-11(13)7-9;1-7(2)8-4-3-5-9(10)6-8/h1-10,12H,11H2;2-8H,1H3;3-7H,1-2H3. The van der Waals surface area contributed by atoms with Crippen molar-refractivity contribution in [1.29, 1.82) is 0 Å². The van der Waals surface area contributed by atoms with Crippen molar-refractivity contribution in [1.82, 2.24) is 14.8 Å². The number of halogens is 3. The van der Waals surface area contributed by atoms with Crippen molar-refractivity contribution in [2.45, 2.75) is 26.3 Å². The number of pyridine rings is 1. The normalized spacial score (nSPS) is 10.3. The van der Waals surface area contributed by atoms with Gasteiger partial charge in [0.25, 0.3) is 0 Å². The van der Waals surface area contributed by atoms with Crippen molar-refractivity contribution < 1.29 is 17.9 Å². The number of hydrogen-bond donors (Lipinski definition) is 0. The van der Waals surface area contributed by atoms with Crippen LogP contribution >= 0.6 is 0 Å². The number of benzene rings is 4. The fourth-order valence-corrected chi connectivity index (χ4v) is 4.24. The molecule has 0 aliphatic heterocycles. The van der Waals surface area contributed by atoms with Gasteiger partial charge in [0.2, 0.25) is 5.88 Å². The average Bonchev–Trinajstić information content (AvgIpc) is 3.51. The number of aromatic nitrogens is 3. The van der Waals surface area contributed by atoms with Crippen LogP contribution in [0.2, 0.25) is 0 Å². The van der Waals surface area contributed by atoms with Gasteiger partial charge in [0.05, 0.1) is 19.9 Å². The fourth-order valence-electron chi connectivity index (χ4n) is 4.24. The highest BCUT2D eigenvalue weighted by molar-refractivity contribution is 5.63.